The van der Waals surface area contributed by atoms with Crippen LogP contribution in [0.5, 0.6) is 0 Å². The normalized spacial score (nSPS) is 10.3. The third-order valence-electron chi connectivity index (χ3n) is 2.37. The molecule has 0 atom stereocenters. The van der Waals surface area contributed by atoms with Gasteiger partial charge in [-0.3, -0.25) is 0 Å². The summed E-state index contributed by atoms with van der Waals surface area (Å²) in [6, 6.07) is 8.26. The molecule has 1 heterocycles. The summed E-state index contributed by atoms with van der Waals surface area (Å²) < 4.78 is 6.14. The smallest absolute Gasteiger partial charge is 0.222 e. The van der Waals surface area contributed by atoms with E-state index in [0.717, 1.165) is 3.57 Å². The standard InChI is InChI=1S/C13H14IN3O/c1-18-9-11-4-2-3-10(5-11)6-15-13-16-7-12(14)8-17-13/h2-5,7-8H,6,9H2,1H3,(H,15,16,17). The lowest BCUT2D eigenvalue weighted by molar-refractivity contribution is 0.185. The van der Waals surface area contributed by atoms with Gasteiger partial charge in [0.15, 0.2) is 0 Å². The van der Waals surface area contributed by atoms with Gasteiger partial charge in [-0.1, -0.05) is 24.3 Å². The first-order valence-corrected chi connectivity index (χ1v) is 6.64. The minimum atomic E-state index is 0.633. The Labute approximate surface area is 120 Å². The summed E-state index contributed by atoms with van der Waals surface area (Å²) in [5.74, 6) is 0.646. The molecular weight excluding hydrogens is 341 g/mol. The van der Waals surface area contributed by atoms with Gasteiger partial charge in [-0.25, -0.2) is 9.97 Å². The van der Waals surface area contributed by atoms with Crippen molar-refractivity contribution in [3.63, 3.8) is 0 Å². The number of aromatic nitrogens is 2. The van der Waals surface area contributed by atoms with Crippen molar-refractivity contribution in [3.8, 4) is 0 Å². The molecule has 1 N–H and O–H groups in total. The van der Waals surface area contributed by atoms with E-state index in [9.17, 15) is 0 Å². The number of anilines is 1. The number of halogens is 1. The van der Waals surface area contributed by atoms with Gasteiger partial charge in [-0.05, 0) is 33.7 Å². The highest BCUT2D eigenvalue weighted by atomic mass is 127. The van der Waals surface area contributed by atoms with Crippen LogP contribution in [0.15, 0.2) is 36.7 Å². The summed E-state index contributed by atoms with van der Waals surface area (Å²) in [7, 11) is 1.70. The van der Waals surface area contributed by atoms with Crippen LogP contribution in [0.1, 0.15) is 11.1 Å². The first kappa shape index (κ1) is 13.2. The van der Waals surface area contributed by atoms with Crippen molar-refractivity contribution < 1.29 is 4.74 Å². The van der Waals surface area contributed by atoms with Crippen LogP contribution in [-0.4, -0.2) is 17.1 Å². The van der Waals surface area contributed by atoms with Gasteiger partial charge in [0.05, 0.1) is 6.61 Å². The molecule has 2 rings (SSSR count). The Bertz CT molecular complexity index is 502. The van der Waals surface area contributed by atoms with Crippen LogP contribution < -0.4 is 5.32 Å². The zero-order valence-electron chi connectivity index (χ0n) is 10.1. The zero-order valence-corrected chi connectivity index (χ0v) is 12.2. The van der Waals surface area contributed by atoms with Gasteiger partial charge in [0.2, 0.25) is 5.95 Å². The van der Waals surface area contributed by atoms with Crippen molar-refractivity contribution in [2.45, 2.75) is 13.2 Å². The molecular formula is C13H14IN3O. The topological polar surface area (TPSA) is 47.0 Å². The number of nitrogens with one attached hydrogen (secondary N) is 1. The predicted octanol–water partition coefficient (Wildman–Crippen LogP) is 2.84. The number of benzene rings is 1. The molecule has 0 aliphatic carbocycles. The number of hydrogen-bond acceptors (Lipinski definition) is 4. The predicted molar refractivity (Wildman–Crippen MR) is 79.2 cm³/mol. The van der Waals surface area contributed by atoms with Gasteiger partial charge in [-0.2, -0.15) is 0 Å². The summed E-state index contributed by atoms with van der Waals surface area (Å²) in [5, 5.41) is 3.19. The molecule has 0 bridgehead atoms. The van der Waals surface area contributed by atoms with Crippen molar-refractivity contribution in [1.29, 1.82) is 0 Å². The van der Waals surface area contributed by atoms with Crippen LogP contribution in [0.3, 0.4) is 0 Å². The van der Waals surface area contributed by atoms with Gasteiger partial charge in [-0.15, -0.1) is 0 Å². The Morgan fingerprint density at radius 2 is 1.94 bits per heavy atom. The fourth-order valence-corrected chi connectivity index (χ4v) is 1.86. The van der Waals surface area contributed by atoms with Gasteiger partial charge in [0, 0.05) is 29.6 Å². The molecule has 4 nitrogen and oxygen atoms in total. The number of ether oxygens (including phenoxy) is 1. The lowest BCUT2D eigenvalue weighted by Gasteiger charge is -2.06. The van der Waals surface area contributed by atoms with E-state index in [1.54, 1.807) is 19.5 Å². The van der Waals surface area contributed by atoms with E-state index in [-0.39, 0.29) is 0 Å². The zero-order chi connectivity index (χ0) is 12.8. The molecule has 0 amide bonds. The SMILES string of the molecule is COCc1cccc(CNc2ncc(I)cn2)c1. The molecule has 1 aromatic carbocycles. The Balaban J connectivity index is 1.97. The quantitative estimate of drug-likeness (QED) is 0.838. The Morgan fingerprint density at radius 3 is 2.67 bits per heavy atom. The van der Waals surface area contributed by atoms with Gasteiger partial charge in [0.1, 0.15) is 0 Å². The Hall–Kier alpha value is -1.21. The summed E-state index contributed by atoms with van der Waals surface area (Å²) in [4.78, 5) is 8.40. The minimum absolute atomic E-state index is 0.633. The fourth-order valence-electron chi connectivity index (χ4n) is 1.58. The lowest BCUT2D eigenvalue weighted by Crippen LogP contribution is -2.03. The fraction of sp³-hybridized carbons (Fsp3) is 0.231. The van der Waals surface area contributed by atoms with E-state index in [1.165, 1.54) is 11.1 Å². The van der Waals surface area contributed by atoms with Crippen molar-refractivity contribution >= 4 is 28.5 Å². The average molecular weight is 355 g/mol. The van der Waals surface area contributed by atoms with Crippen molar-refractivity contribution in [1.82, 2.24) is 9.97 Å². The molecule has 5 heteroatoms. The lowest BCUT2D eigenvalue weighted by atomic mass is 10.1. The van der Waals surface area contributed by atoms with Gasteiger partial charge in [0.25, 0.3) is 0 Å². The highest BCUT2D eigenvalue weighted by molar-refractivity contribution is 14.1. The third-order valence-corrected chi connectivity index (χ3v) is 2.93. The average Bonchev–Trinajstić information content (AvgIpc) is 2.39. The van der Waals surface area contributed by atoms with Crippen LogP contribution >= 0.6 is 22.6 Å². The van der Waals surface area contributed by atoms with Gasteiger partial charge >= 0.3 is 0 Å². The Kier molecular flexibility index (Phi) is 4.89. The highest BCUT2D eigenvalue weighted by Gasteiger charge is 1.98. The number of nitrogens with zero attached hydrogens (tertiary/aromatic N) is 2. The maximum absolute atomic E-state index is 5.11. The molecule has 1 aromatic heterocycles. The summed E-state index contributed by atoms with van der Waals surface area (Å²) in [6.45, 7) is 1.34. The van der Waals surface area contributed by atoms with Crippen LogP contribution in [0.2, 0.25) is 0 Å². The molecule has 0 radical (unpaired) electrons. The van der Waals surface area contributed by atoms with Crippen LogP contribution in [0.25, 0.3) is 0 Å². The second kappa shape index (κ2) is 6.65. The first-order valence-electron chi connectivity index (χ1n) is 5.56. The number of hydrogen-bond donors (Lipinski definition) is 1. The second-order valence-corrected chi connectivity index (χ2v) is 5.08. The Morgan fingerprint density at radius 1 is 1.22 bits per heavy atom. The molecule has 0 saturated heterocycles. The molecule has 0 fully saturated rings. The maximum Gasteiger partial charge on any atom is 0.222 e. The van der Waals surface area contributed by atoms with E-state index >= 15 is 0 Å². The monoisotopic (exact) mass is 355 g/mol. The van der Waals surface area contributed by atoms with E-state index in [4.69, 9.17) is 4.74 Å². The molecule has 0 aliphatic heterocycles. The van der Waals surface area contributed by atoms with E-state index in [0.29, 0.717) is 19.1 Å². The summed E-state index contributed by atoms with van der Waals surface area (Å²) >= 11 is 2.18. The molecule has 2 aromatic rings. The first-order chi connectivity index (χ1) is 8.78. The number of methoxy groups -OCH3 is 1. The molecule has 18 heavy (non-hydrogen) atoms. The van der Waals surface area contributed by atoms with E-state index < -0.39 is 0 Å². The third kappa shape index (κ3) is 3.92. The molecule has 0 aliphatic rings. The van der Waals surface area contributed by atoms with Crippen LogP contribution in [-0.2, 0) is 17.9 Å². The molecule has 0 saturated carbocycles. The number of rotatable bonds is 5. The largest absolute Gasteiger partial charge is 0.380 e. The van der Waals surface area contributed by atoms with E-state index in [2.05, 4.69) is 50.0 Å². The highest BCUT2D eigenvalue weighted by Crippen LogP contribution is 2.09. The van der Waals surface area contributed by atoms with Crippen molar-refractivity contribution in [2.75, 3.05) is 12.4 Å². The molecule has 0 spiro atoms. The van der Waals surface area contributed by atoms with Crippen LogP contribution in [0.4, 0.5) is 5.95 Å². The van der Waals surface area contributed by atoms with Crippen LogP contribution in [0, 0.1) is 3.57 Å². The second-order valence-electron chi connectivity index (χ2n) is 3.83. The minimum Gasteiger partial charge on any atom is -0.380 e. The summed E-state index contributed by atoms with van der Waals surface area (Å²) in [5.41, 5.74) is 2.35. The van der Waals surface area contributed by atoms with Crippen molar-refractivity contribution in [3.05, 3.63) is 51.4 Å². The summed E-state index contributed by atoms with van der Waals surface area (Å²) in [6.07, 6.45) is 3.58. The van der Waals surface area contributed by atoms with Crippen molar-refractivity contribution in [2.24, 2.45) is 0 Å². The maximum atomic E-state index is 5.11. The molecule has 94 valence electrons. The molecule has 0 unspecified atom stereocenters. The van der Waals surface area contributed by atoms with Gasteiger partial charge < -0.3 is 10.1 Å². The van der Waals surface area contributed by atoms with E-state index in [1.807, 2.05) is 12.1 Å².